The summed E-state index contributed by atoms with van der Waals surface area (Å²) in [7, 11) is 1.50. The van der Waals surface area contributed by atoms with Crippen LogP contribution in [0.2, 0.25) is 0 Å². The Bertz CT molecular complexity index is 521. The Morgan fingerprint density at radius 1 is 1.04 bits per heavy atom. The van der Waals surface area contributed by atoms with Crippen molar-refractivity contribution in [1.29, 1.82) is 0 Å². The van der Waals surface area contributed by atoms with Crippen LogP contribution in [0.4, 0.5) is 0 Å². The Labute approximate surface area is 152 Å². The Balaban J connectivity index is 2.62. The molecule has 9 heteroatoms. The number of likely N-dealkylation sites (N-methyl/N-ethyl adjacent to an activating group) is 1. The van der Waals surface area contributed by atoms with Gasteiger partial charge in [-0.3, -0.25) is 19.2 Å². The predicted molar refractivity (Wildman–Crippen MR) is 89.0 cm³/mol. The molecule has 0 aromatic heterocycles. The highest BCUT2D eigenvalue weighted by Crippen LogP contribution is 2.25. The molecule has 26 heavy (non-hydrogen) atoms. The zero-order valence-electron chi connectivity index (χ0n) is 15.7. The third-order valence-corrected chi connectivity index (χ3v) is 3.74. The van der Waals surface area contributed by atoms with E-state index in [2.05, 4.69) is 0 Å². The molecule has 0 N–H and O–H groups in total. The van der Waals surface area contributed by atoms with Crippen LogP contribution in [-0.4, -0.2) is 73.8 Å². The molecular weight excluding hydrogens is 346 g/mol. The monoisotopic (exact) mass is 373 g/mol. The van der Waals surface area contributed by atoms with Crippen molar-refractivity contribution >= 4 is 23.8 Å². The molecule has 1 aliphatic rings. The van der Waals surface area contributed by atoms with E-state index >= 15 is 0 Å². The highest BCUT2D eigenvalue weighted by atomic mass is 16.6. The standard InChI is InChI=1S/C17H27NO8/c1-5-23-17(22)9-18(4)16(21)8-14-6-13(25-12(3)20)7-15(26-14)10-24-11(2)19/h13-15H,5-10H2,1-4H3. The molecule has 0 bridgehead atoms. The number of ether oxygens (including phenoxy) is 4. The van der Waals surface area contributed by atoms with E-state index in [0.29, 0.717) is 12.8 Å². The third-order valence-electron chi connectivity index (χ3n) is 3.74. The highest BCUT2D eigenvalue weighted by molar-refractivity contribution is 5.82. The molecule has 3 unspecified atom stereocenters. The SMILES string of the molecule is CCOC(=O)CN(C)C(=O)CC1CC(OC(C)=O)CC(COC(C)=O)O1. The fourth-order valence-electron chi connectivity index (χ4n) is 2.68. The van der Waals surface area contributed by atoms with Gasteiger partial charge in [0.25, 0.3) is 0 Å². The van der Waals surface area contributed by atoms with Crippen LogP contribution in [-0.2, 0) is 38.1 Å². The molecule has 1 amide bonds. The maximum atomic E-state index is 12.3. The Kier molecular flexibility index (Phi) is 9.04. The summed E-state index contributed by atoms with van der Waals surface area (Å²) in [5, 5.41) is 0. The first-order valence-corrected chi connectivity index (χ1v) is 8.56. The lowest BCUT2D eigenvalue weighted by atomic mass is 9.98. The Hall–Kier alpha value is -2.16. The second kappa shape index (κ2) is 10.7. The smallest absolute Gasteiger partial charge is 0.325 e. The van der Waals surface area contributed by atoms with E-state index in [1.807, 2.05) is 0 Å². The summed E-state index contributed by atoms with van der Waals surface area (Å²) in [6, 6.07) is 0. The molecule has 148 valence electrons. The van der Waals surface area contributed by atoms with E-state index < -0.39 is 36.2 Å². The number of nitrogens with zero attached hydrogens (tertiary/aromatic N) is 1. The van der Waals surface area contributed by atoms with Crippen molar-refractivity contribution in [3.63, 3.8) is 0 Å². The largest absolute Gasteiger partial charge is 0.465 e. The van der Waals surface area contributed by atoms with Crippen molar-refractivity contribution in [3.8, 4) is 0 Å². The fraction of sp³-hybridized carbons (Fsp3) is 0.765. The van der Waals surface area contributed by atoms with Crippen LogP contribution in [0.1, 0.15) is 40.0 Å². The average molecular weight is 373 g/mol. The maximum Gasteiger partial charge on any atom is 0.325 e. The molecule has 3 atom stereocenters. The van der Waals surface area contributed by atoms with Gasteiger partial charge in [-0.2, -0.15) is 0 Å². The van der Waals surface area contributed by atoms with Gasteiger partial charge in [0.15, 0.2) is 0 Å². The van der Waals surface area contributed by atoms with Gasteiger partial charge in [0.05, 0.1) is 25.2 Å². The molecular formula is C17H27NO8. The molecule has 9 nitrogen and oxygen atoms in total. The molecule has 0 radical (unpaired) electrons. The summed E-state index contributed by atoms with van der Waals surface area (Å²) in [6.07, 6.45) is -0.638. The summed E-state index contributed by atoms with van der Waals surface area (Å²) in [4.78, 5) is 47.2. The lowest BCUT2D eigenvalue weighted by molar-refractivity contribution is -0.171. The van der Waals surface area contributed by atoms with Gasteiger partial charge in [-0.15, -0.1) is 0 Å². The quantitative estimate of drug-likeness (QED) is 0.445. The highest BCUT2D eigenvalue weighted by Gasteiger charge is 2.33. The van der Waals surface area contributed by atoms with Gasteiger partial charge < -0.3 is 23.8 Å². The molecule has 0 aromatic carbocycles. The van der Waals surface area contributed by atoms with E-state index in [1.165, 1.54) is 25.8 Å². The van der Waals surface area contributed by atoms with Crippen molar-refractivity contribution in [2.45, 2.75) is 58.3 Å². The molecule has 0 aromatic rings. The van der Waals surface area contributed by atoms with Gasteiger partial charge >= 0.3 is 17.9 Å². The van der Waals surface area contributed by atoms with Gasteiger partial charge in [0, 0.05) is 33.7 Å². The van der Waals surface area contributed by atoms with Gasteiger partial charge in [-0.1, -0.05) is 0 Å². The summed E-state index contributed by atoms with van der Waals surface area (Å²) >= 11 is 0. The molecule has 1 fully saturated rings. The fourth-order valence-corrected chi connectivity index (χ4v) is 2.68. The summed E-state index contributed by atoms with van der Waals surface area (Å²) in [5.74, 6) is -1.64. The first-order chi connectivity index (χ1) is 12.2. The topological polar surface area (TPSA) is 108 Å². The average Bonchev–Trinajstić information content (AvgIpc) is 2.52. The van der Waals surface area contributed by atoms with Crippen LogP contribution in [0.25, 0.3) is 0 Å². The van der Waals surface area contributed by atoms with Crippen molar-refractivity contribution in [2.24, 2.45) is 0 Å². The van der Waals surface area contributed by atoms with Gasteiger partial charge in [-0.25, -0.2) is 0 Å². The molecule has 1 saturated heterocycles. The van der Waals surface area contributed by atoms with Gasteiger partial charge in [0.2, 0.25) is 5.91 Å². The number of hydrogen-bond donors (Lipinski definition) is 0. The lowest BCUT2D eigenvalue weighted by Gasteiger charge is -2.35. The molecule has 0 spiro atoms. The van der Waals surface area contributed by atoms with E-state index in [1.54, 1.807) is 6.92 Å². The van der Waals surface area contributed by atoms with Crippen LogP contribution in [0.5, 0.6) is 0 Å². The molecule has 1 aliphatic heterocycles. The van der Waals surface area contributed by atoms with Crippen molar-refractivity contribution in [2.75, 3.05) is 26.8 Å². The number of carbonyl (C=O) groups is 4. The van der Waals surface area contributed by atoms with Crippen LogP contribution in [0.3, 0.4) is 0 Å². The van der Waals surface area contributed by atoms with E-state index in [0.717, 1.165) is 0 Å². The van der Waals surface area contributed by atoms with Crippen molar-refractivity contribution < 1.29 is 38.1 Å². The first kappa shape index (κ1) is 21.9. The Morgan fingerprint density at radius 2 is 1.69 bits per heavy atom. The summed E-state index contributed by atoms with van der Waals surface area (Å²) in [6.45, 7) is 4.41. The zero-order valence-corrected chi connectivity index (χ0v) is 15.7. The van der Waals surface area contributed by atoms with E-state index in [-0.39, 0.29) is 32.1 Å². The van der Waals surface area contributed by atoms with Gasteiger partial charge in [-0.05, 0) is 6.92 Å². The minimum Gasteiger partial charge on any atom is -0.465 e. The van der Waals surface area contributed by atoms with Gasteiger partial charge in [0.1, 0.15) is 19.3 Å². The molecule has 1 heterocycles. The zero-order chi connectivity index (χ0) is 19.7. The van der Waals surface area contributed by atoms with Crippen molar-refractivity contribution in [3.05, 3.63) is 0 Å². The van der Waals surface area contributed by atoms with E-state index in [9.17, 15) is 19.2 Å². The van der Waals surface area contributed by atoms with Crippen LogP contribution < -0.4 is 0 Å². The number of amides is 1. The maximum absolute atomic E-state index is 12.3. The second-order valence-electron chi connectivity index (χ2n) is 6.14. The second-order valence-corrected chi connectivity index (χ2v) is 6.14. The minimum atomic E-state index is -0.509. The van der Waals surface area contributed by atoms with Crippen molar-refractivity contribution in [1.82, 2.24) is 4.90 Å². The minimum absolute atomic E-state index is 0.0181. The summed E-state index contributed by atoms with van der Waals surface area (Å²) < 4.78 is 20.8. The van der Waals surface area contributed by atoms with E-state index in [4.69, 9.17) is 18.9 Å². The first-order valence-electron chi connectivity index (χ1n) is 8.56. The number of esters is 3. The molecule has 1 rings (SSSR count). The summed E-state index contributed by atoms with van der Waals surface area (Å²) in [5.41, 5.74) is 0. The number of hydrogen-bond acceptors (Lipinski definition) is 8. The predicted octanol–water partition coefficient (Wildman–Crippen LogP) is 0.440. The number of rotatable bonds is 8. The normalized spacial score (nSPS) is 22.2. The van der Waals surface area contributed by atoms with Crippen LogP contribution in [0.15, 0.2) is 0 Å². The lowest BCUT2D eigenvalue weighted by Crippen LogP contribution is -2.43. The number of carbonyl (C=O) groups excluding carboxylic acids is 4. The van der Waals surface area contributed by atoms with Crippen LogP contribution >= 0.6 is 0 Å². The third kappa shape index (κ3) is 8.28. The Morgan fingerprint density at radius 3 is 2.27 bits per heavy atom. The molecule has 0 saturated carbocycles. The van der Waals surface area contributed by atoms with Crippen LogP contribution in [0, 0.1) is 0 Å². The molecule has 0 aliphatic carbocycles.